The first-order valence-electron chi connectivity index (χ1n) is 7.64. The highest BCUT2D eigenvalue weighted by Crippen LogP contribution is 2.13. The van der Waals surface area contributed by atoms with Crippen molar-refractivity contribution in [3.8, 4) is 0 Å². The van der Waals surface area contributed by atoms with Crippen LogP contribution in [0, 0.1) is 5.41 Å². The Morgan fingerprint density at radius 3 is 2.52 bits per heavy atom. The first-order valence-corrected chi connectivity index (χ1v) is 7.64. The summed E-state index contributed by atoms with van der Waals surface area (Å²) in [7, 11) is 5.45. The number of guanidine groups is 1. The van der Waals surface area contributed by atoms with E-state index in [0.717, 1.165) is 25.3 Å². The Morgan fingerprint density at radius 2 is 2.00 bits per heavy atom. The van der Waals surface area contributed by atoms with Gasteiger partial charge in [0, 0.05) is 34.2 Å². The van der Waals surface area contributed by atoms with Gasteiger partial charge in [-0.25, -0.2) is 0 Å². The average Bonchev–Trinajstić information content (AvgIpc) is 2.46. The molecule has 0 spiro atoms. The molecule has 0 fully saturated rings. The van der Waals surface area contributed by atoms with Crippen LogP contribution < -0.4 is 10.6 Å². The van der Waals surface area contributed by atoms with Crippen LogP contribution in [0.15, 0.2) is 17.6 Å². The molecule has 0 atom stereocenters. The van der Waals surface area contributed by atoms with Crippen LogP contribution in [0.3, 0.4) is 0 Å². The number of nitrogens with zero attached hydrogens (tertiary/aromatic N) is 2. The van der Waals surface area contributed by atoms with E-state index in [1.54, 1.807) is 14.1 Å². The fourth-order valence-electron chi connectivity index (χ4n) is 2.02. The number of nitrogens with one attached hydrogen (secondary N) is 2. The van der Waals surface area contributed by atoms with Gasteiger partial charge in [0.05, 0.1) is 5.41 Å². The third-order valence-electron chi connectivity index (χ3n) is 3.51. The smallest absolute Gasteiger partial charge is 0.227 e. The molecular formula is C16H32N4O. The van der Waals surface area contributed by atoms with Crippen molar-refractivity contribution in [1.29, 1.82) is 0 Å². The summed E-state index contributed by atoms with van der Waals surface area (Å²) in [5, 5.41) is 5.97. The third-order valence-corrected chi connectivity index (χ3v) is 3.51. The van der Waals surface area contributed by atoms with Crippen molar-refractivity contribution >= 4 is 11.9 Å². The predicted molar refractivity (Wildman–Crippen MR) is 90.5 cm³/mol. The van der Waals surface area contributed by atoms with Crippen LogP contribution in [-0.2, 0) is 4.79 Å². The zero-order valence-electron chi connectivity index (χ0n) is 14.3. The van der Waals surface area contributed by atoms with Gasteiger partial charge in [0.15, 0.2) is 5.96 Å². The average molecular weight is 296 g/mol. The molecule has 0 rings (SSSR count). The lowest BCUT2D eigenvalue weighted by Gasteiger charge is -2.27. The fourth-order valence-corrected chi connectivity index (χ4v) is 2.02. The molecule has 0 bridgehead atoms. The lowest BCUT2D eigenvalue weighted by Crippen LogP contribution is -2.47. The lowest BCUT2D eigenvalue weighted by atomic mass is 9.92. The number of amides is 1. The summed E-state index contributed by atoms with van der Waals surface area (Å²) in [5.74, 6) is 0.855. The number of carbonyl (C=O) groups is 1. The second-order valence-electron chi connectivity index (χ2n) is 5.92. The second-order valence-corrected chi connectivity index (χ2v) is 5.92. The number of hydrogen-bond donors (Lipinski definition) is 2. The van der Waals surface area contributed by atoms with Crippen LogP contribution in [0.5, 0.6) is 0 Å². The molecule has 0 saturated carbocycles. The Balaban J connectivity index is 4.20. The summed E-state index contributed by atoms with van der Waals surface area (Å²) in [6, 6.07) is 0. The molecule has 5 heteroatoms. The minimum atomic E-state index is -0.463. The van der Waals surface area contributed by atoms with Crippen LogP contribution in [-0.4, -0.2) is 51.0 Å². The van der Waals surface area contributed by atoms with E-state index in [2.05, 4.69) is 27.1 Å². The normalized spacial score (nSPS) is 12.0. The van der Waals surface area contributed by atoms with E-state index in [-0.39, 0.29) is 5.91 Å². The Hall–Kier alpha value is -1.52. The Kier molecular flexibility index (Phi) is 9.50. The van der Waals surface area contributed by atoms with Gasteiger partial charge in [-0.05, 0) is 33.1 Å². The van der Waals surface area contributed by atoms with Gasteiger partial charge >= 0.3 is 0 Å². The number of carbonyl (C=O) groups excluding carboxylic acids is 1. The van der Waals surface area contributed by atoms with E-state index in [1.807, 2.05) is 27.0 Å². The molecule has 0 heterocycles. The van der Waals surface area contributed by atoms with Gasteiger partial charge in [0.1, 0.15) is 0 Å². The SMILES string of the molecule is C=CCCCCCN(C)C(=NC)NCC(C)(C)C(=O)NC. The molecule has 0 aromatic carbocycles. The van der Waals surface area contributed by atoms with Crippen LogP contribution in [0.2, 0.25) is 0 Å². The lowest BCUT2D eigenvalue weighted by molar-refractivity contribution is -0.128. The summed E-state index contributed by atoms with van der Waals surface area (Å²) in [6.07, 6.45) is 6.55. The number of aliphatic imine (C=N–C) groups is 1. The summed E-state index contributed by atoms with van der Waals surface area (Å²) in [4.78, 5) is 18.1. The van der Waals surface area contributed by atoms with Gasteiger partial charge in [0.2, 0.25) is 5.91 Å². The maximum atomic E-state index is 11.8. The summed E-state index contributed by atoms with van der Waals surface area (Å²) >= 11 is 0. The molecule has 0 aliphatic heterocycles. The van der Waals surface area contributed by atoms with Gasteiger partial charge in [-0.3, -0.25) is 9.79 Å². The summed E-state index contributed by atoms with van der Waals surface area (Å²) in [6.45, 7) is 9.08. The van der Waals surface area contributed by atoms with Crippen molar-refractivity contribution < 1.29 is 4.79 Å². The minimum absolute atomic E-state index is 0.0255. The van der Waals surface area contributed by atoms with Gasteiger partial charge in [-0.2, -0.15) is 0 Å². The maximum Gasteiger partial charge on any atom is 0.227 e. The molecule has 0 aromatic rings. The molecule has 5 nitrogen and oxygen atoms in total. The molecule has 1 amide bonds. The maximum absolute atomic E-state index is 11.8. The highest BCUT2D eigenvalue weighted by Gasteiger charge is 2.26. The quantitative estimate of drug-likeness (QED) is 0.296. The molecule has 122 valence electrons. The molecule has 0 aliphatic rings. The number of rotatable bonds is 9. The number of allylic oxidation sites excluding steroid dienone is 1. The zero-order valence-corrected chi connectivity index (χ0v) is 14.3. The van der Waals surface area contributed by atoms with E-state index < -0.39 is 5.41 Å². The van der Waals surface area contributed by atoms with E-state index in [1.165, 1.54) is 12.8 Å². The van der Waals surface area contributed by atoms with Crippen molar-refractivity contribution in [3.63, 3.8) is 0 Å². The molecule has 21 heavy (non-hydrogen) atoms. The summed E-state index contributed by atoms with van der Waals surface area (Å²) < 4.78 is 0. The Bertz CT molecular complexity index is 350. The molecule has 0 aromatic heterocycles. The Labute approximate surface area is 129 Å². The number of unbranched alkanes of at least 4 members (excludes halogenated alkanes) is 3. The second kappa shape index (κ2) is 10.2. The third kappa shape index (κ3) is 7.73. The molecular weight excluding hydrogens is 264 g/mol. The van der Waals surface area contributed by atoms with Crippen molar-refractivity contribution in [3.05, 3.63) is 12.7 Å². The molecule has 0 saturated heterocycles. The van der Waals surface area contributed by atoms with E-state index >= 15 is 0 Å². The number of hydrogen-bond acceptors (Lipinski definition) is 2. The Morgan fingerprint density at radius 1 is 1.33 bits per heavy atom. The van der Waals surface area contributed by atoms with Crippen molar-refractivity contribution in [2.45, 2.75) is 39.5 Å². The summed E-state index contributed by atoms with van der Waals surface area (Å²) in [5.41, 5.74) is -0.463. The van der Waals surface area contributed by atoms with Crippen LogP contribution >= 0.6 is 0 Å². The van der Waals surface area contributed by atoms with Gasteiger partial charge in [-0.1, -0.05) is 12.5 Å². The highest BCUT2D eigenvalue weighted by atomic mass is 16.2. The first kappa shape index (κ1) is 19.5. The van der Waals surface area contributed by atoms with E-state index in [0.29, 0.717) is 6.54 Å². The molecule has 0 radical (unpaired) electrons. The molecule has 0 unspecified atom stereocenters. The molecule has 0 aliphatic carbocycles. The monoisotopic (exact) mass is 296 g/mol. The van der Waals surface area contributed by atoms with Gasteiger partial charge < -0.3 is 15.5 Å². The fraction of sp³-hybridized carbons (Fsp3) is 0.750. The largest absolute Gasteiger partial charge is 0.359 e. The van der Waals surface area contributed by atoms with Crippen LogP contribution in [0.4, 0.5) is 0 Å². The zero-order chi connectivity index (χ0) is 16.3. The van der Waals surface area contributed by atoms with E-state index in [4.69, 9.17) is 0 Å². The highest BCUT2D eigenvalue weighted by molar-refractivity contribution is 5.84. The van der Waals surface area contributed by atoms with Crippen molar-refractivity contribution in [2.24, 2.45) is 10.4 Å². The van der Waals surface area contributed by atoms with Crippen LogP contribution in [0.25, 0.3) is 0 Å². The van der Waals surface area contributed by atoms with Gasteiger partial charge in [-0.15, -0.1) is 6.58 Å². The van der Waals surface area contributed by atoms with Gasteiger partial charge in [0.25, 0.3) is 0 Å². The first-order chi connectivity index (χ1) is 9.88. The van der Waals surface area contributed by atoms with Crippen molar-refractivity contribution in [1.82, 2.24) is 15.5 Å². The van der Waals surface area contributed by atoms with Crippen molar-refractivity contribution in [2.75, 3.05) is 34.2 Å². The topological polar surface area (TPSA) is 56.7 Å². The van der Waals surface area contributed by atoms with Crippen LogP contribution in [0.1, 0.15) is 39.5 Å². The molecule has 2 N–H and O–H groups in total. The standard InChI is InChI=1S/C16H32N4O/c1-7-8-9-10-11-12-20(6)15(18-5)19-13-16(2,3)14(21)17-4/h7H,1,8-13H2,2-6H3,(H,17,21)(H,18,19). The minimum Gasteiger partial charge on any atom is -0.359 e. The van der Waals surface area contributed by atoms with E-state index in [9.17, 15) is 4.79 Å². The predicted octanol–water partition coefficient (Wildman–Crippen LogP) is 2.01.